The number of rotatable bonds is 4. The van der Waals surface area contributed by atoms with E-state index in [9.17, 15) is 0 Å². The van der Waals surface area contributed by atoms with Crippen molar-refractivity contribution in [2.45, 2.75) is 19.5 Å². The maximum absolute atomic E-state index is 5.64. The minimum atomic E-state index is -0.109. The van der Waals surface area contributed by atoms with Gasteiger partial charge in [0.05, 0.1) is 11.7 Å². The van der Waals surface area contributed by atoms with Gasteiger partial charge in [-0.1, -0.05) is 0 Å². The van der Waals surface area contributed by atoms with Crippen LogP contribution in [-0.2, 0) is 6.54 Å². The summed E-state index contributed by atoms with van der Waals surface area (Å²) in [7, 11) is 0. The first kappa shape index (κ1) is 12.2. The third kappa shape index (κ3) is 2.54. The van der Waals surface area contributed by atoms with Gasteiger partial charge in [-0.2, -0.15) is 5.10 Å². The second kappa shape index (κ2) is 5.39. The monoisotopic (exact) mass is 295 g/mol. The van der Waals surface area contributed by atoms with E-state index in [0.29, 0.717) is 0 Å². The summed E-state index contributed by atoms with van der Waals surface area (Å²) < 4.78 is 2.84. The summed E-state index contributed by atoms with van der Waals surface area (Å²) in [5.41, 5.74) is 4.82. The molecule has 90 valence electrons. The van der Waals surface area contributed by atoms with Crippen molar-refractivity contribution in [3.63, 3.8) is 0 Å². The Balaban J connectivity index is 2.40. The van der Waals surface area contributed by atoms with Crippen LogP contribution in [0.1, 0.15) is 24.2 Å². The van der Waals surface area contributed by atoms with E-state index in [1.807, 2.05) is 23.7 Å². The van der Waals surface area contributed by atoms with Crippen LogP contribution in [0, 0.1) is 0 Å². The van der Waals surface area contributed by atoms with E-state index in [1.54, 1.807) is 18.6 Å². The molecule has 2 aromatic heterocycles. The van der Waals surface area contributed by atoms with E-state index < -0.39 is 0 Å². The summed E-state index contributed by atoms with van der Waals surface area (Å²) in [4.78, 5) is 4.15. The molecule has 0 bridgehead atoms. The fourth-order valence-electron chi connectivity index (χ4n) is 1.79. The van der Waals surface area contributed by atoms with E-state index in [2.05, 4.69) is 31.4 Å². The fraction of sp³-hybridized carbons (Fsp3) is 0.273. The maximum atomic E-state index is 5.64. The van der Waals surface area contributed by atoms with Crippen LogP contribution in [0.15, 0.2) is 35.2 Å². The third-order valence-electron chi connectivity index (χ3n) is 2.57. The Kier molecular flexibility index (Phi) is 3.88. The molecule has 0 aliphatic heterocycles. The van der Waals surface area contributed by atoms with Gasteiger partial charge >= 0.3 is 0 Å². The van der Waals surface area contributed by atoms with Gasteiger partial charge in [0.2, 0.25) is 0 Å². The summed E-state index contributed by atoms with van der Waals surface area (Å²) in [6.45, 7) is 2.85. The van der Waals surface area contributed by atoms with Crippen LogP contribution < -0.4 is 11.3 Å². The number of aromatic nitrogens is 3. The van der Waals surface area contributed by atoms with Crippen LogP contribution in [0.5, 0.6) is 0 Å². The lowest BCUT2D eigenvalue weighted by Crippen LogP contribution is -2.30. The first-order chi connectivity index (χ1) is 8.26. The Bertz CT molecular complexity index is 496. The van der Waals surface area contributed by atoms with Gasteiger partial charge < -0.3 is 0 Å². The standard InChI is InChI=1S/C11H14BrN5/c1-2-17-10(3-4-15-17)11(16-13)8-5-9(12)7-14-6-8/h3-7,11,16H,2,13H2,1H3. The van der Waals surface area contributed by atoms with Gasteiger partial charge in [0, 0.05) is 29.6 Å². The van der Waals surface area contributed by atoms with Gasteiger partial charge in [0.25, 0.3) is 0 Å². The molecule has 1 unspecified atom stereocenters. The summed E-state index contributed by atoms with van der Waals surface area (Å²) in [5, 5.41) is 4.24. The predicted octanol–water partition coefficient (Wildman–Crippen LogP) is 1.61. The molecule has 2 rings (SSSR count). The zero-order valence-corrected chi connectivity index (χ0v) is 11.1. The van der Waals surface area contributed by atoms with E-state index in [-0.39, 0.29) is 6.04 Å². The van der Waals surface area contributed by atoms with Gasteiger partial charge in [-0.05, 0) is 40.5 Å². The fourth-order valence-corrected chi connectivity index (χ4v) is 2.17. The molecule has 0 saturated heterocycles. The number of aryl methyl sites for hydroxylation is 1. The predicted molar refractivity (Wildman–Crippen MR) is 69.0 cm³/mol. The van der Waals surface area contributed by atoms with Crippen molar-refractivity contribution in [3.8, 4) is 0 Å². The number of pyridine rings is 1. The van der Waals surface area contributed by atoms with Crippen molar-refractivity contribution < 1.29 is 0 Å². The lowest BCUT2D eigenvalue weighted by Gasteiger charge is -2.17. The molecule has 0 fully saturated rings. The number of nitrogens with one attached hydrogen (secondary N) is 1. The second-order valence-corrected chi connectivity index (χ2v) is 4.52. The molecule has 0 amide bonds. The highest BCUT2D eigenvalue weighted by Gasteiger charge is 2.16. The SMILES string of the molecule is CCn1nccc1C(NN)c1cncc(Br)c1. The Morgan fingerprint density at radius 1 is 1.53 bits per heavy atom. The van der Waals surface area contributed by atoms with Gasteiger partial charge in [-0.3, -0.25) is 15.5 Å². The lowest BCUT2D eigenvalue weighted by atomic mass is 10.1. The summed E-state index contributed by atoms with van der Waals surface area (Å²) >= 11 is 3.40. The van der Waals surface area contributed by atoms with Crippen molar-refractivity contribution >= 4 is 15.9 Å². The van der Waals surface area contributed by atoms with Gasteiger partial charge in [-0.15, -0.1) is 0 Å². The average molecular weight is 296 g/mol. The van der Waals surface area contributed by atoms with Crippen LogP contribution in [0.4, 0.5) is 0 Å². The normalized spacial score (nSPS) is 12.6. The number of nitrogens with zero attached hydrogens (tertiary/aromatic N) is 3. The summed E-state index contributed by atoms with van der Waals surface area (Å²) in [6, 6.07) is 3.84. The van der Waals surface area contributed by atoms with E-state index in [1.165, 1.54) is 0 Å². The highest BCUT2D eigenvalue weighted by atomic mass is 79.9. The van der Waals surface area contributed by atoms with Crippen LogP contribution in [0.3, 0.4) is 0 Å². The van der Waals surface area contributed by atoms with Crippen LogP contribution >= 0.6 is 15.9 Å². The third-order valence-corrected chi connectivity index (χ3v) is 3.00. The Morgan fingerprint density at radius 2 is 2.35 bits per heavy atom. The van der Waals surface area contributed by atoms with Crippen molar-refractivity contribution in [3.05, 3.63) is 46.5 Å². The average Bonchev–Trinajstić information content (AvgIpc) is 2.78. The van der Waals surface area contributed by atoms with Gasteiger partial charge in [-0.25, -0.2) is 5.43 Å². The van der Waals surface area contributed by atoms with Crippen LogP contribution in [0.2, 0.25) is 0 Å². The Labute approximate surface area is 108 Å². The molecule has 0 aliphatic carbocycles. The molecule has 0 saturated carbocycles. The van der Waals surface area contributed by atoms with E-state index >= 15 is 0 Å². The maximum Gasteiger partial charge on any atom is 0.0893 e. The Hall–Kier alpha value is -1.24. The first-order valence-corrected chi connectivity index (χ1v) is 6.13. The molecule has 5 nitrogen and oxygen atoms in total. The Morgan fingerprint density at radius 3 is 3.00 bits per heavy atom. The molecule has 2 heterocycles. The molecule has 6 heteroatoms. The minimum absolute atomic E-state index is 0.109. The molecule has 17 heavy (non-hydrogen) atoms. The highest BCUT2D eigenvalue weighted by Crippen LogP contribution is 2.22. The molecule has 0 radical (unpaired) electrons. The molecular weight excluding hydrogens is 282 g/mol. The number of hydrazine groups is 1. The van der Waals surface area contributed by atoms with Gasteiger partial charge in [0.15, 0.2) is 0 Å². The molecule has 0 aromatic carbocycles. The zero-order chi connectivity index (χ0) is 12.3. The summed E-state index contributed by atoms with van der Waals surface area (Å²) in [6.07, 6.45) is 5.31. The van der Waals surface area contributed by atoms with E-state index in [0.717, 1.165) is 22.3 Å². The molecular formula is C11H14BrN5. The van der Waals surface area contributed by atoms with Crippen molar-refractivity contribution in [2.24, 2.45) is 5.84 Å². The van der Waals surface area contributed by atoms with Crippen molar-refractivity contribution in [1.29, 1.82) is 0 Å². The van der Waals surface area contributed by atoms with Crippen LogP contribution in [0.25, 0.3) is 0 Å². The van der Waals surface area contributed by atoms with Crippen LogP contribution in [-0.4, -0.2) is 14.8 Å². The van der Waals surface area contributed by atoms with Crippen molar-refractivity contribution in [2.75, 3.05) is 0 Å². The molecule has 2 aromatic rings. The lowest BCUT2D eigenvalue weighted by molar-refractivity contribution is 0.542. The smallest absolute Gasteiger partial charge is 0.0893 e. The van der Waals surface area contributed by atoms with Crippen molar-refractivity contribution in [1.82, 2.24) is 20.2 Å². The number of hydrogen-bond acceptors (Lipinski definition) is 4. The molecule has 1 atom stereocenters. The topological polar surface area (TPSA) is 68.8 Å². The number of hydrogen-bond donors (Lipinski definition) is 2. The minimum Gasteiger partial charge on any atom is -0.271 e. The summed E-state index contributed by atoms with van der Waals surface area (Å²) in [5.74, 6) is 5.64. The number of halogens is 1. The quantitative estimate of drug-likeness (QED) is 0.664. The van der Waals surface area contributed by atoms with Gasteiger partial charge in [0.1, 0.15) is 0 Å². The largest absolute Gasteiger partial charge is 0.271 e. The highest BCUT2D eigenvalue weighted by molar-refractivity contribution is 9.10. The second-order valence-electron chi connectivity index (χ2n) is 3.61. The van der Waals surface area contributed by atoms with E-state index in [4.69, 9.17) is 5.84 Å². The molecule has 3 N–H and O–H groups in total. The first-order valence-electron chi connectivity index (χ1n) is 5.34. The molecule has 0 spiro atoms. The number of nitrogens with two attached hydrogens (primary N) is 1. The molecule has 0 aliphatic rings. The zero-order valence-electron chi connectivity index (χ0n) is 9.47.